The number of carbonyl (C=O) groups excluding carboxylic acids is 2. The monoisotopic (exact) mass is 515 g/mol. The zero-order chi connectivity index (χ0) is 27.2. The van der Waals surface area contributed by atoms with Gasteiger partial charge in [-0.05, 0) is 62.6 Å². The lowest BCUT2D eigenvalue weighted by Gasteiger charge is -2.46. The van der Waals surface area contributed by atoms with Crippen LogP contribution in [0.4, 0.5) is 4.39 Å². The molecule has 0 unspecified atom stereocenters. The number of amides is 2. The zero-order valence-electron chi connectivity index (χ0n) is 22.1. The number of nitrogens with zero attached hydrogens (tertiary/aromatic N) is 7. The van der Waals surface area contributed by atoms with Gasteiger partial charge in [-0.3, -0.25) is 9.59 Å². The van der Waals surface area contributed by atoms with Gasteiger partial charge in [0.2, 0.25) is 0 Å². The first-order valence-corrected chi connectivity index (χ1v) is 12.6. The molecule has 1 aliphatic heterocycles. The van der Waals surface area contributed by atoms with Gasteiger partial charge in [-0.1, -0.05) is 13.8 Å². The topological polar surface area (TPSA) is 96.6 Å². The molecular weight excluding hydrogens is 485 g/mol. The van der Waals surface area contributed by atoms with E-state index in [2.05, 4.69) is 23.8 Å². The molecule has 0 bridgehead atoms. The van der Waals surface area contributed by atoms with E-state index in [1.807, 2.05) is 19.9 Å². The number of hydrogen-bond donors (Lipinski definition) is 0. The quantitative estimate of drug-likeness (QED) is 0.405. The van der Waals surface area contributed by atoms with E-state index in [0.717, 1.165) is 11.1 Å². The first-order valence-electron chi connectivity index (χ1n) is 12.6. The maximum Gasteiger partial charge on any atom is 0.274 e. The maximum atomic E-state index is 13.9. The van der Waals surface area contributed by atoms with Crippen molar-refractivity contribution in [3.8, 4) is 11.3 Å². The molecule has 10 heteroatoms. The largest absolute Gasteiger partial charge is 0.333 e. The van der Waals surface area contributed by atoms with E-state index < -0.39 is 5.54 Å². The molecule has 0 spiro atoms. The van der Waals surface area contributed by atoms with Gasteiger partial charge in [-0.15, -0.1) is 0 Å². The second-order valence-corrected chi connectivity index (χ2v) is 10.6. The third-order valence-corrected chi connectivity index (χ3v) is 6.98. The van der Waals surface area contributed by atoms with Crippen molar-refractivity contribution in [2.24, 2.45) is 0 Å². The Kier molecular flexibility index (Phi) is 6.42. The van der Waals surface area contributed by atoms with Gasteiger partial charge in [-0.2, -0.15) is 5.10 Å². The number of carbonyl (C=O) groups is 2. The number of aromatic nitrogens is 5. The van der Waals surface area contributed by atoms with Gasteiger partial charge in [0.15, 0.2) is 5.65 Å². The van der Waals surface area contributed by atoms with Crippen LogP contribution < -0.4 is 0 Å². The van der Waals surface area contributed by atoms with Gasteiger partial charge in [0, 0.05) is 37.0 Å². The fourth-order valence-corrected chi connectivity index (χ4v) is 4.90. The van der Waals surface area contributed by atoms with Crippen molar-refractivity contribution in [2.75, 3.05) is 19.6 Å². The fraction of sp³-hybridized carbons (Fsp3) is 0.357. The molecule has 0 saturated carbocycles. The Bertz CT molecular complexity index is 1530. The summed E-state index contributed by atoms with van der Waals surface area (Å²) in [5, 5.41) is 4.71. The average molecular weight is 516 g/mol. The summed E-state index contributed by atoms with van der Waals surface area (Å²) < 4.78 is 15.5. The van der Waals surface area contributed by atoms with Crippen LogP contribution in [-0.4, -0.2) is 71.4 Å². The number of fused-ring (bicyclic) bond motifs is 1. The summed E-state index contributed by atoms with van der Waals surface area (Å²) in [7, 11) is 0. The molecule has 0 atom stereocenters. The Balaban J connectivity index is 1.45. The SMILES string of the molecule is Cc1cc(-c2cc(C(C)C)c3nc(C(=O)N4CCN(C(=O)c5ccncn5)CC4(C)C)cn3n2)ccc1F. The second-order valence-electron chi connectivity index (χ2n) is 10.6. The average Bonchev–Trinajstić information content (AvgIpc) is 3.33. The molecule has 4 heterocycles. The van der Waals surface area contributed by atoms with Crippen LogP contribution in [0.5, 0.6) is 0 Å². The summed E-state index contributed by atoms with van der Waals surface area (Å²) in [6.45, 7) is 10.8. The lowest BCUT2D eigenvalue weighted by molar-refractivity contribution is 0.0162. The molecule has 1 fully saturated rings. The van der Waals surface area contributed by atoms with Crippen LogP contribution in [0.15, 0.2) is 49.1 Å². The third kappa shape index (κ3) is 4.62. The summed E-state index contributed by atoms with van der Waals surface area (Å²) in [4.78, 5) is 42.7. The first kappa shape index (κ1) is 25.4. The van der Waals surface area contributed by atoms with Crippen LogP contribution in [0.25, 0.3) is 16.9 Å². The highest BCUT2D eigenvalue weighted by molar-refractivity contribution is 5.95. The number of aryl methyl sites for hydroxylation is 1. The molecule has 1 saturated heterocycles. The summed E-state index contributed by atoms with van der Waals surface area (Å²) in [6, 6.07) is 8.45. The number of piperazine rings is 1. The van der Waals surface area contributed by atoms with Gasteiger partial charge >= 0.3 is 0 Å². The van der Waals surface area contributed by atoms with E-state index in [1.165, 1.54) is 18.6 Å². The van der Waals surface area contributed by atoms with Crippen molar-refractivity contribution in [3.63, 3.8) is 0 Å². The predicted molar refractivity (Wildman–Crippen MR) is 140 cm³/mol. The summed E-state index contributed by atoms with van der Waals surface area (Å²) in [6.07, 6.45) is 4.54. The van der Waals surface area contributed by atoms with Crippen molar-refractivity contribution < 1.29 is 14.0 Å². The Morgan fingerprint density at radius 1 is 1.05 bits per heavy atom. The Morgan fingerprint density at radius 2 is 1.84 bits per heavy atom. The molecule has 38 heavy (non-hydrogen) atoms. The van der Waals surface area contributed by atoms with Gasteiger partial charge < -0.3 is 9.80 Å². The minimum atomic E-state index is -0.626. The smallest absolute Gasteiger partial charge is 0.274 e. The molecule has 196 valence electrons. The van der Waals surface area contributed by atoms with E-state index in [-0.39, 0.29) is 29.2 Å². The molecule has 0 N–H and O–H groups in total. The Morgan fingerprint density at radius 3 is 2.50 bits per heavy atom. The van der Waals surface area contributed by atoms with Gasteiger partial charge in [0.05, 0.1) is 17.4 Å². The molecule has 0 radical (unpaired) electrons. The van der Waals surface area contributed by atoms with Crippen molar-refractivity contribution in [2.45, 2.75) is 46.1 Å². The van der Waals surface area contributed by atoms with Crippen LogP contribution in [0.1, 0.15) is 65.7 Å². The van der Waals surface area contributed by atoms with Crippen LogP contribution >= 0.6 is 0 Å². The van der Waals surface area contributed by atoms with Crippen molar-refractivity contribution in [1.82, 2.24) is 34.4 Å². The van der Waals surface area contributed by atoms with Crippen molar-refractivity contribution in [3.05, 3.63) is 77.4 Å². The highest BCUT2D eigenvalue weighted by atomic mass is 19.1. The molecule has 0 aliphatic carbocycles. The molecule has 1 aliphatic rings. The molecule has 5 rings (SSSR count). The number of imidazole rings is 1. The summed E-state index contributed by atoms with van der Waals surface area (Å²) in [5.41, 5.74) is 3.55. The molecule has 9 nitrogen and oxygen atoms in total. The fourth-order valence-electron chi connectivity index (χ4n) is 4.90. The van der Waals surface area contributed by atoms with E-state index in [4.69, 9.17) is 10.1 Å². The zero-order valence-corrected chi connectivity index (χ0v) is 22.1. The molecular formula is C28H30FN7O2. The minimum Gasteiger partial charge on any atom is -0.333 e. The number of hydrogen-bond acceptors (Lipinski definition) is 6. The number of benzene rings is 1. The highest BCUT2D eigenvalue weighted by Gasteiger charge is 2.40. The van der Waals surface area contributed by atoms with E-state index in [9.17, 15) is 14.0 Å². The predicted octanol–water partition coefficient (Wildman–Crippen LogP) is 4.13. The highest BCUT2D eigenvalue weighted by Crippen LogP contribution is 2.28. The molecule has 4 aromatic rings. The van der Waals surface area contributed by atoms with Crippen molar-refractivity contribution >= 4 is 17.5 Å². The van der Waals surface area contributed by atoms with Crippen LogP contribution in [0, 0.1) is 12.7 Å². The van der Waals surface area contributed by atoms with Crippen LogP contribution in [0.3, 0.4) is 0 Å². The van der Waals surface area contributed by atoms with Crippen molar-refractivity contribution in [1.29, 1.82) is 0 Å². The van der Waals surface area contributed by atoms with Gasteiger partial charge in [0.25, 0.3) is 11.8 Å². The first-order chi connectivity index (χ1) is 18.0. The second kappa shape index (κ2) is 9.59. The lowest BCUT2D eigenvalue weighted by Crippen LogP contribution is -2.62. The summed E-state index contributed by atoms with van der Waals surface area (Å²) >= 11 is 0. The number of halogens is 1. The Labute approximate surface area is 220 Å². The Hall–Kier alpha value is -4.21. The van der Waals surface area contributed by atoms with E-state index in [1.54, 1.807) is 45.6 Å². The standard InChI is InChI=1S/C28H30FN7O2/c1-17(2)20-13-23(19-6-7-21(29)18(3)12-19)33-36-14-24(32-25(20)36)27(38)35-11-10-34(15-28(35,4)5)26(37)22-8-9-30-16-31-22/h6-9,12-14,16-17H,10-11,15H2,1-5H3. The van der Waals surface area contributed by atoms with Crippen LogP contribution in [-0.2, 0) is 0 Å². The molecule has 1 aromatic carbocycles. The lowest BCUT2D eigenvalue weighted by atomic mass is 9.98. The van der Waals surface area contributed by atoms with Gasteiger partial charge in [-0.25, -0.2) is 23.9 Å². The maximum absolute atomic E-state index is 13.9. The van der Waals surface area contributed by atoms with Crippen LogP contribution in [0.2, 0.25) is 0 Å². The van der Waals surface area contributed by atoms with E-state index >= 15 is 0 Å². The summed E-state index contributed by atoms with van der Waals surface area (Å²) in [5.74, 6) is -0.548. The normalized spacial score (nSPS) is 15.3. The minimum absolute atomic E-state index is 0.124. The third-order valence-electron chi connectivity index (χ3n) is 6.98. The van der Waals surface area contributed by atoms with E-state index in [0.29, 0.717) is 42.2 Å². The molecule has 2 amide bonds. The number of rotatable bonds is 4. The van der Waals surface area contributed by atoms with Gasteiger partial charge in [0.1, 0.15) is 23.5 Å². The molecule has 3 aromatic heterocycles.